The summed E-state index contributed by atoms with van der Waals surface area (Å²) in [5, 5.41) is 4.82. The molecule has 0 aromatic heterocycles. The van der Waals surface area contributed by atoms with Crippen molar-refractivity contribution >= 4 is 74.7 Å². The third kappa shape index (κ3) is 5.44. The lowest BCUT2D eigenvalue weighted by atomic mass is 10.1. The third-order valence-corrected chi connectivity index (χ3v) is 4.36. The largest absolute Gasteiger partial charge is 0.418 e. The maximum atomic E-state index is 13.1. The molecule has 0 atom stereocenters. The lowest BCUT2D eigenvalue weighted by Gasteiger charge is -2.16. The normalized spacial score (nSPS) is 11.1. The first-order chi connectivity index (χ1) is 11.6. The lowest BCUT2D eigenvalue weighted by Crippen LogP contribution is -2.34. The van der Waals surface area contributed by atoms with Gasteiger partial charge in [-0.3, -0.25) is 10.1 Å². The van der Waals surface area contributed by atoms with Crippen LogP contribution in [-0.2, 0) is 6.18 Å². The molecule has 0 aliphatic carbocycles. The summed E-state index contributed by atoms with van der Waals surface area (Å²) in [5.41, 5.74) is -1.06. The summed E-state index contributed by atoms with van der Waals surface area (Å²) >= 11 is 18.3. The molecule has 0 radical (unpaired) electrons. The van der Waals surface area contributed by atoms with E-state index in [2.05, 4.69) is 10.6 Å². The van der Waals surface area contributed by atoms with Gasteiger partial charge in [0.05, 0.1) is 21.8 Å². The van der Waals surface area contributed by atoms with Crippen molar-refractivity contribution in [3.8, 4) is 0 Å². The van der Waals surface area contributed by atoms with Crippen LogP contribution in [0.4, 0.5) is 18.9 Å². The van der Waals surface area contributed by atoms with E-state index >= 15 is 0 Å². The number of carbonyl (C=O) groups is 1. The number of thiocarbonyl (C=S) groups is 1. The van der Waals surface area contributed by atoms with E-state index in [0.717, 1.165) is 6.07 Å². The standard InChI is InChI=1S/C15H8Cl2F3IN2OS/c16-7-1-3-9(11(17)5-7)13(24)23-14(25)22-12-4-2-8(21)6-10(12)15(18,19)20/h1-6H,(H2,22,23,24,25). The first-order valence-corrected chi connectivity index (χ1v) is 8.76. The van der Waals surface area contributed by atoms with Crippen LogP contribution in [0.1, 0.15) is 15.9 Å². The molecule has 0 fully saturated rings. The second-order valence-corrected chi connectivity index (χ2v) is 7.22. The van der Waals surface area contributed by atoms with Crippen LogP contribution < -0.4 is 10.6 Å². The average Bonchev–Trinajstić information content (AvgIpc) is 2.47. The molecule has 25 heavy (non-hydrogen) atoms. The molecule has 132 valence electrons. The molecule has 2 aromatic carbocycles. The third-order valence-electron chi connectivity index (χ3n) is 2.94. The molecule has 0 aliphatic heterocycles. The van der Waals surface area contributed by atoms with Crippen molar-refractivity contribution in [1.29, 1.82) is 0 Å². The summed E-state index contributed by atoms with van der Waals surface area (Å²) in [5.74, 6) is -0.668. The minimum atomic E-state index is -4.57. The Morgan fingerprint density at radius 2 is 1.80 bits per heavy atom. The molecule has 2 N–H and O–H groups in total. The summed E-state index contributed by atoms with van der Waals surface area (Å²) in [4.78, 5) is 12.1. The van der Waals surface area contributed by atoms with Gasteiger partial charge in [-0.1, -0.05) is 23.2 Å². The Morgan fingerprint density at radius 1 is 1.12 bits per heavy atom. The van der Waals surface area contributed by atoms with Gasteiger partial charge in [0, 0.05) is 8.59 Å². The first-order valence-electron chi connectivity index (χ1n) is 6.52. The van der Waals surface area contributed by atoms with E-state index < -0.39 is 17.6 Å². The van der Waals surface area contributed by atoms with E-state index in [-0.39, 0.29) is 21.4 Å². The van der Waals surface area contributed by atoms with Crippen LogP contribution in [0.25, 0.3) is 0 Å². The van der Waals surface area contributed by atoms with Gasteiger partial charge in [-0.05, 0) is 71.2 Å². The highest BCUT2D eigenvalue weighted by atomic mass is 127. The molecule has 2 rings (SSSR count). The molecule has 0 heterocycles. The fraction of sp³-hybridized carbons (Fsp3) is 0.0667. The number of alkyl halides is 3. The summed E-state index contributed by atoms with van der Waals surface area (Å²) in [6.07, 6.45) is -4.57. The van der Waals surface area contributed by atoms with Crippen molar-refractivity contribution in [1.82, 2.24) is 5.32 Å². The Hall–Kier alpha value is -1.10. The Morgan fingerprint density at radius 3 is 2.40 bits per heavy atom. The number of halogens is 6. The fourth-order valence-corrected chi connectivity index (χ4v) is 3.05. The zero-order valence-corrected chi connectivity index (χ0v) is 16.5. The van der Waals surface area contributed by atoms with Gasteiger partial charge in [-0.2, -0.15) is 13.2 Å². The van der Waals surface area contributed by atoms with Gasteiger partial charge < -0.3 is 5.32 Å². The quantitative estimate of drug-likeness (QED) is 0.393. The fourth-order valence-electron chi connectivity index (χ4n) is 1.86. The molecule has 0 saturated heterocycles. The molecule has 10 heteroatoms. The molecular formula is C15H8Cl2F3IN2OS. The highest BCUT2D eigenvalue weighted by molar-refractivity contribution is 14.1. The van der Waals surface area contributed by atoms with Gasteiger partial charge in [-0.25, -0.2) is 0 Å². The number of hydrogen-bond donors (Lipinski definition) is 2. The lowest BCUT2D eigenvalue weighted by molar-refractivity contribution is -0.137. The van der Waals surface area contributed by atoms with Gasteiger partial charge in [0.25, 0.3) is 5.91 Å². The molecule has 0 spiro atoms. The highest BCUT2D eigenvalue weighted by Gasteiger charge is 2.34. The predicted molar refractivity (Wildman–Crippen MR) is 104 cm³/mol. The van der Waals surface area contributed by atoms with Crippen LogP contribution in [0.2, 0.25) is 10.0 Å². The SMILES string of the molecule is O=C(NC(=S)Nc1ccc(I)cc1C(F)(F)F)c1ccc(Cl)cc1Cl. The van der Waals surface area contributed by atoms with E-state index in [9.17, 15) is 18.0 Å². The van der Waals surface area contributed by atoms with Crippen LogP contribution >= 0.6 is 58.0 Å². The molecule has 3 nitrogen and oxygen atoms in total. The zero-order valence-electron chi connectivity index (χ0n) is 12.0. The predicted octanol–water partition coefficient (Wildman–Crippen LogP) is 5.74. The van der Waals surface area contributed by atoms with Gasteiger partial charge in [0.2, 0.25) is 0 Å². The number of carbonyl (C=O) groups excluding carboxylic acids is 1. The van der Waals surface area contributed by atoms with Crippen molar-refractivity contribution in [3.05, 3.63) is 61.1 Å². The van der Waals surface area contributed by atoms with Crippen LogP contribution in [0.3, 0.4) is 0 Å². The monoisotopic (exact) mass is 518 g/mol. The minimum Gasteiger partial charge on any atom is -0.332 e. The summed E-state index contributed by atoms with van der Waals surface area (Å²) in [6.45, 7) is 0. The second-order valence-electron chi connectivity index (χ2n) is 4.72. The Bertz CT molecular complexity index is 846. The maximum absolute atomic E-state index is 13.1. The molecule has 1 amide bonds. The van der Waals surface area contributed by atoms with Crippen LogP contribution in [-0.4, -0.2) is 11.0 Å². The van der Waals surface area contributed by atoms with Crippen molar-refractivity contribution in [2.45, 2.75) is 6.18 Å². The average molecular weight is 519 g/mol. The number of amides is 1. The molecular weight excluding hydrogens is 511 g/mol. The molecule has 0 aliphatic rings. The first kappa shape index (κ1) is 20.2. The van der Waals surface area contributed by atoms with Gasteiger partial charge in [0.15, 0.2) is 5.11 Å². The molecule has 2 aromatic rings. The maximum Gasteiger partial charge on any atom is 0.418 e. The molecule has 0 bridgehead atoms. The smallest absolute Gasteiger partial charge is 0.332 e. The summed E-state index contributed by atoms with van der Waals surface area (Å²) < 4.78 is 39.7. The Labute approximate surface area is 170 Å². The van der Waals surface area contributed by atoms with Gasteiger partial charge in [0.1, 0.15) is 0 Å². The molecule has 0 saturated carbocycles. The van der Waals surface area contributed by atoms with E-state index in [1.54, 1.807) is 22.6 Å². The van der Waals surface area contributed by atoms with Crippen LogP contribution in [0.5, 0.6) is 0 Å². The number of rotatable bonds is 2. The number of anilines is 1. The van der Waals surface area contributed by atoms with E-state index in [4.69, 9.17) is 35.4 Å². The zero-order chi connectivity index (χ0) is 18.8. The van der Waals surface area contributed by atoms with Crippen LogP contribution in [0.15, 0.2) is 36.4 Å². The summed E-state index contributed by atoms with van der Waals surface area (Å²) in [7, 11) is 0. The number of benzene rings is 2. The number of nitrogens with one attached hydrogen (secondary N) is 2. The van der Waals surface area contributed by atoms with Crippen LogP contribution in [0, 0.1) is 3.57 Å². The van der Waals surface area contributed by atoms with E-state index in [1.165, 1.54) is 30.3 Å². The van der Waals surface area contributed by atoms with Crippen molar-refractivity contribution in [2.75, 3.05) is 5.32 Å². The van der Waals surface area contributed by atoms with Gasteiger partial charge >= 0.3 is 6.18 Å². The molecule has 0 unspecified atom stereocenters. The summed E-state index contributed by atoms with van der Waals surface area (Å²) in [6, 6.07) is 7.91. The second kappa shape index (κ2) is 8.07. The topological polar surface area (TPSA) is 41.1 Å². The Balaban J connectivity index is 2.17. The van der Waals surface area contributed by atoms with E-state index in [0.29, 0.717) is 8.59 Å². The highest BCUT2D eigenvalue weighted by Crippen LogP contribution is 2.35. The van der Waals surface area contributed by atoms with E-state index in [1.807, 2.05) is 0 Å². The van der Waals surface area contributed by atoms with Gasteiger partial charge in [-0.15, -0.1) is 0 Å². The minimum absolute atomic E-state index is 0.0915. The van der Waals surface area contributed by atoms with Crippen molar-refractivity contribution in [3.63, 3.8) is 0 Å². The number of hydrogen-bond acceptors (Lipinski definition) is 2. The van der Waals surface area contributed by atoms with Crippen molar-refractivity contribution < 1.29 is 18.0 Å². The Kier molecular flexibility index (Phi) is 6.52. The van der Waals surface area contributed by atoms with Crippen molar-refractivity contribution in [2.24, 2.45) is 0 Å².